The normalized spacial score (nSPS) is 12.9. The second kappa shape index (κ2) is 11.8. The van der Waals surface area contributed by atoms with Gasteiger partial charge in [0.05, 0.1) is 14.2 Å². The van der Waals surface area contributed by atoms with E-state index in [0.717, 1.165) is 14.2 Å². The van der Waals surface area contributed by atoms with Gasteiger partial charge in [-0.2, -0.15) is 0 Å². The Kier molecular flexibility index (Phi) is 9.75. The molecule has 2 aromatic rings. The summed E-state index contributed by atoms with van der Waals surface area (Å²) in [5.74, 6) is -1.70. The molecule has 0 aromatic heterocycles. The van der Waals surface area contributed by atoms with Crippen molar-refractivity contribution < 1.29 is 50.3 Å². The first kappa shape index (κ1) is 24.0. The fraction of sp³-hybridized carbons (Fsp3) is 0.200. The molecule has 0 heterocycles. The Balaban J connectivity index is 0.00000420. The molecule has 0 bridgehead atoms. The van der Waals surface area contributed by atoms with Crippen LogP contribution in [0.1, 0.15) is 11.1 Å². The van der Waals surface area contributed by atoms with Crippen molar-refractivity contribution in [2.75, 3.05) is 14.2 Å². The zero-order chi connectivity index (χ0) is 20.5. The van der Waals surface area contributed by atoms with Crippen LogP contribution in [0.3, 0.4) is 0 Å². The van der Waals surface area contributed by atoms with E-state index in [1.807, 2.05) is 0 Å². The predicted octanol–water partition coefficient (Wildman–Crippen LogP) is 1.72. The number of carbonyl (C=O) groups is 2. The Morgan fingerprint density at radius 2 is 1.14 bits per heavy atom. The molecule has 0 saturated carbocycles. The number of para-hydroxylation sites is 2. The van der Waals surface area contributed by atoms with Gasteiger partial charge in [0.25, 0.3) is 0 Å². The van der Waals surface area contributed by atoms with Gasteiger partial charge in [0.2, 0.25) is 0 Å². The topological polar surface area (TPSA) is 118 Å². The summed E-state index contributed by atoms with van der Waals surface area (Å²) in [6.07, 6.45) is 2.50. The summed E-state index contributed by atoms with van der Waals surface area (Å²) in [6.45, 7) is 0. The Labute approximate surface area is 182 Å². The standard InChI is InChI=1S/C20H20N2O6.Pt/c1-27-19(25)17(21-11-13-7-3-5-9-15(13)23)18(20(26)28-2)22-12-14-8-4-6-10-16(14)24;/h3-12,17-18,23-24H,1-2H3;. The maximum Gasteiger partial charge on any atom is 0.333 e. The van der Waals surface area contributed by atoms with Gasteiger partial charge in [-0.25, -0.2) is 9.59 Å². The van der Waals surface area contributed by atoms with Crippen LogP contribution in [0, 0.1) is 0 Å². The van der Waals surface area contributed by atoms with E-state index in [0.29, 0.717) is 11.1 Å². The van der Waals surface area contributed by atoms with Crippen LogP contribution >= 0.6 is 0 Å². The summed E-state index contributed by atoms with van der Waals surface area (Å²) in [5.41, 5.74) is 0.703. The number of carbonyl (C=O) groups excluding carboxylic acids is 2. The van der Waals surface area contributed by atoms with E-state index in [1.165, 1.54) is 24.6 Å². The van der Waals surface area contributed by atoms with Crippen molar-refractivity contribution in [1.29, 1.82) is 0 Å². The van der Waals surface area contributed by atoms with Gasteiger partial charge in [-0.1, -0.05) is 24.3 Å². The van der Waals surface area contributed by atoms with Crippen molar-refractivity contribution in [2.45, 2.75) is 12.1 Å². The summed E-state index contributed by atoms with van der Waals surface area (Å²) in [5, 5.41) is 19.7. The summed E-state index contributed by atoms with van der Waals surface area (Å²) >= 11 is 0. The molecule has 0 spiro atoms. The summed E-state index contributed by atoms with van der Waals surface area (Å²) in [7, 11) is 2.32. The summed E-state index contributed by atoms with van der Waals surface area (Å²) in [6, 6.07) is 10.0. The second-order valence-corrected chi connectivity index (χ2v) is 5.61. The van der Waals surface area contributed by atoms with Crippen LogP contribution in [0.4, 0.5) is 0 Å². The number of hydrogen-bond donors (Lipinski definition) is 2. The Bertz CT molecular complexity index is 827. The van der Waals surface area contributed by atoms with Crippen LogP contribution in [0.2, 0.25) is 0 Å². The molecular formula is C20H20N2O6Pt. The minimum Gasteiger partial charge on any atom is -0.507 e. The van der Waals surface area contributed by atoms with Crippen molar-refractivity contribution in [1.82, 2.24) is 0 Å². The zero-order valence-electron chi connectivity index (χ0n) is 15.7. The van der Waals surface area contributed by atoms with Crippen LogP contribution in [0.25, 0.3) is 0 Å². The minimum atomic E-state index is -1.35. The van der Waals surface area contributed by atoms with Crippen LogP contribution in [-0.2, 0) is 40.1 Å². The molecule has 156 valence electrons. The van der Waals surface area contributed by atoms with Gasteiger partial charge in [0, 0.05) is 44.6 Å². The summed E-state index contributed by atoms with van der Waals surface area (Å²) in [4.78, 5) is 32.6. The molecule has 0 fully saturated rings. The molecular weight excluding hydrogens is 559 g/mol. The van der Waals surface area contributed by atoms with Gasteiger partial charge in [0.1, 0.15) is 11.5 Å². The number of aromatic hydroxyl groups is 2. The van der Waals surface area contributed by atoms with E-state index in [1.54, 1.807) is 36.4 Å². The zero-order valence-corrected chi connectivity index (χ0v) is 17.9. The molecule has 9 heteroatoms. The summed E-state index contributed by atoms with van der Waals surface area (Å²) < 4.78 is 9.47. The molecule has 2 atom stereocenters. The third-order valence-electron chi connectivity index (χ3n) is 3.81. The van der Waals surface area contributed by atoms with Crippen LogP contribution < -0.4 is 0 Å². The first-order valence-electron chi connectivity index (χ1n) is 8.26. The fourth-order valence-corrected chi connectivity index (χ4v) is 2.30. The minimum absolute atomic E-state index is 0. The predicted molar refractivity (Wildman–Crippen MR) is 103 cm³/mol. The number of rotatable bonds is 7. The quantitative estimate of drug-likeness (QED) is 0.381. The third-order valence-corrected chi connectivity index (χ3v) is 3.81. The number of phenolic OH excluding ortho intramolecular Hbond substituents is 2. The average Bonchev–Trinajstić information content (AvgIpc) is 2.71. The number of phenols is 2. The van der Waals surface area contributed by atoms with Crippen molar-refractivity contribution in [2.24, 2.45) is 9.98 Å². The van der Waals surface area contributed by atoms with Crippen molar-refractivity contribution >= 4 is 24.4 Å². The first-order chi connectivity index (χ1) is 13.5. The molecule has 0 amide bonds. The number of aliphatic imine (C=N–C) groups is 2. The SMILES string of the molecule is COC(=O)C(N=Cc1ccccc1O)C(N=Cc1ccccc1O)C(=O)OC.[Pt]. The molecule has 2 unspecified atom stereocenters. The molecule has 0 aliphatic rings. The van der Waals surface area contributed by atoms with Gasteiger partial charge in [-0.15, -0.1) is 0 Å². The van der Waals surface area contributed by atoms with E-state index in [4.69, 9.17) is 9.47 Å². The second-order valence-electron chi connectivity index (χ2n) is 5.61. The number of methoxy groups -OCH3 is 2. The van der Waals surface area contributed by atoms with Gasteiger partial charge < -0.3 is 19.7 Å². The van der Waals surface area contributed by atoms with Crippen LogP contribution in [0.5, 0.6) is 11.5 Å². The Hall–Kier alpha value is -2.99. The molecule has 2 rings (SSSR count). The Morgan fingerprint density at radius 3 is 1.45 bits per heavy atom. The van der Waals surface area contributed by atoms with Crippen molar-refractivity contribution in [3.05, 3.63) is 59.7 Å². The van der Waals surface area contributed by atoms with E-state index in [2.05, 4.69) is 9.98 Å². The number of ether oxygens (including phenoxy) is 2. The molecule has 0 radical (unpaired) electrons. The average molecular weight is 579 g/mol. The van der Waals surface area contributed by atoms with Gasteiger partial charge in [-0.05, 0) is 24.3 Å². The largest absolute Gasteiger partial charge is 0.507 e. The molecule has 29 heavy (non-hydrogen) atoms. The van der Waals surface area contributed by atoms with Gasteiger partial charge in [-0.3, -0.25) is 9.98 Å². The van der Waals surface area contributed by atoms with E-state index in [9.17, 15) is 19.8 Å². The fourth-order valence-electron chi connectivity index (χ4n) is 2.30. The number of nitrogens with zero attached hydrogens (tertiary/aromatic N) is 2. The van der Waals surface area contributed by atoms with Gasteiger partial charge >= 0.3 is 11.9 Å². The van der Waals surface area contributed by atoms with E-state index in [-0.39, 0.29) is 32.6 Å². The molecule has 8 nitrogen and oxygen atoms in total. The number of benzene rings is 2. The maximum absolute atomic E-state index is 12.2. The number of hydrogen-bond acceptors (Lipinski definition) is 8. The smallest absolute Gasteiger partial charge is 0.333 e. The third kappa shape index (κ3) is 6.54. The monoisotopic (exact) mass is 579 g/mol. The maximum atomic E-state index is 12.2. The van der Waals surface area contributed by atoms with Crippen molar-refractivity contribution in [3.63, 3.8) is 0 Å². The van der Waals surface area contributed by atoms with Crippen molar-refractivity contribution in [3.8, 4) is 11.5 Å². The van der Waals surface area contributed by atoms with Crippen LogP contribution in [-0.4, -0.2) is 60.9 Å². The Morgan fingerprint density at radius 1 is 0.793 bits per heavy atom. The molecule has 0 aliphatic heterocycles. The van der Waals surface area contributed by atoms with Crippen LogP contribution in [0.15, 0.2) is 58.5 Å². The first-order valence-corrected chi connectivity index (χ1v) is 8.26. The van der Waals surface area contributed by atoms with E-state index >= 15 is 0 Å². The van der Waals surface area contributed by atoms with Gasteiger partial charge in [0.15, 0.2) is 12.1 Å². The number of esters is 2. The van der Waals surface area contributed by atoms with E-state index < -0.39 is 24.0 Å². The molecule has 0 aliphatic carbocycles. The molecule has 0 saturated heterocycles. The molecule has 2 aromatic carbocycles. The molecule has 2 N–H and O–H groups in total.